The molecule has 4 aromatic rings. The van der Waals surface area contributed by atoms with Gasteiger partial charge in [-0.25, -0.2) is 9.37 Å². The molecule has 3 nitrogen and oxygen atoms in total. The Balaban J connectivity index is 1.71. The van der Waals surface area contributed by atoms with Crippen LogP contribution in [-0.4, -0.2) is 10.9 Å². The molecule has 146 valence electrons. The Labute approximate surface area is 177 Å². The van der Waals surface area contributed by atoms with Crippen LogP contribution >= 0.6 is 22.9 Å². The lowest BCUT2D eigenvalue weighted by Crippen LogP contribution is -2.23. The highest BCUT2D eigenvalue weighted by Gasteiger charge is 2.15. The van der Waals surface area contributed by atoms with Crippen molar-refractivity contribution in [1.29, 1.82) is 0 Å². The van der Waals surface area contributed by atoms with E-state index in [1.165, 1.54) is 17.0 Å². The summed E-state index contributed by atoms with van der Waals surface area (Å²) in [5.74, 6) is -0.528. The molecule has 0 radical (unpaired) electrons. The van der Waals surface area contributed by atoms with E-state index >= 15 is 0 Å². The second kappa shape index (κ2) is 8.31. The Hall–Kier alpha value is -2.76. The highest BCUT2D eigenvalue weighted by molar-refractivity contribution is 7.15. The molecule has 1 N–H and O–H groups in total. The lowest BCUT2D eigenvalue weighted by atomic mass is 10.1. The second-order valence-electron chi connectivity index (χ2n) is 6.65. The van der Waals surface area contributed by atoms with Gasteiger partial charge < -0.3 is 5.32 Å². The number of amides is 1. The first-order chi connectivity index (χ1) is 14.0. The zero-order valence-corrected chi connectivity index (χ0v) is 17.3. The Kier molecular flexibility index (Phi) is 5.60. The molecule has 0 aliphatic heterocycles. The van der Waals surface area contributed by atoms with Crippen molar-refractivity contribution < 1.29 is 9.18 Å². The van der Waals surface area contributed by atoms with Crippen LogP contribution in [0.2, 0.25) is 5.02 Å². The largest absolute Gasteiger partial charge is 0.348 e. The number of fused-ring (bicyclic) bond motifs is 1. The summed E-state index contributed by atoms with van der Waals surface area (Å²) in [5.41, 5.74) is 2.81. The summed E-state index contributed by atoms with van der Waals surface area (Å²) in [6.07, 6.45) is 0.957. The minimum Gasteiger partial charge on any atom is -0.348 e. The fourth-order valence-corrected chi connectivity index (χ4v) is 4.18. The first-order valence-electron chi connectivity index (χ1n) is 9.25. The van der Waals surface area contributed by atoms with E-state index in [1.807, 2.05) is 18.2 Å². The van der Waals surface area contributed by atoms with Crippen molar-refractivity contribution in [2.24, 2.45) is 0 Å². The van der Waals surface area contributed by atoms with Crippen molar-refractivity contribution in [1.82, 2.24) is 10.3 Å². The molecule has 0 saturated heterocycles. The van der Waals surface area contributed by atoms with Gasteiger partial charge in [0.1, 0.15) is 5.82 Å². The molecule has 2 aromatic carbocycles. The number of halogens is 2. The van der Waals surface area contributed by atoms with E-state index in [1.54, 1.807) is 35.6 Å². The number of nitrogens with zero attached hydrogens (tertiary/aromatic N) is 1. The highest BCUT2D eigenvalue weighted by Crippen LogP contribution is 2.31. The van der Waals surface area contributed by atoms with Crippen LogP contribution in [0.25, 0.3) is 21.5 Å². The predicted octanol–water partition coefficient (Wildman–Crippen LogP) is 6.25. The Bertz CT molecular complexity index is 1190. The van der Waals surface area contributed by atoms with E-state index < -0.39 is 0 Å². The molecule has 4 rings (SSSR count). The number of rotatable bonds is 5. The number of pyridine rings is 1. The van der Waals surface area contributed by atoms with Crippen LogP contribution in [0.5, 0.6) is 0 Å². The van der Waals surface area contributed by atoms with Gasteiger partial charge in [0.2, 0.25) is 0 Å². The quantitative estimate of drug-likeness (QED) is 0.411. The van der Waals surface area contributed by atoms with Gasteiger partial charge in [0.25, 0.3) is 5.91 Å². The molecular formula is C23H18ClFN2OS. The summed E-state index contributed by atoms with van der Waals surface area (Å²) in [6, 6.07) is 17.3. The lowest BCUT2D eigenvalue weighted by Gasteiger charge is -2.10. The van der Waals surface area contributed by atoms with Gasteiger partial charge in [-0.1, -0.05) is 30.7 Å². The molecule has 0 aliphatic carbocycles. The Morgan fingerprint density at radius 3 is 2.62 bits per heavy atom. The first kappa shape index (κ1) is 19.6. The predicted molar refractivity (Wildman–Crippen MR) is 117 cm³/mol. The van der Waals surface area contributed by atoms with Crippen molar-refractivity contribution in [2.75, 3.05) is 0 Å². The number of carbonyl (C=O) groups is 1. The van der Waals surface area contributed by atoms with Gasteiger partial charge in [-0.2, -0.15) is 0 Å². The number of nitrogens with one attached hydrogen (secondary N) is 1. The van der Waals surface area contributed by atoms with Crippen LogP contribution in [0.4, 0.5) is 4.39 Å². The highest BCUT2D eigenvalue weighted by atomic mass is 35.5. The number of hydrogen-bond donors (Lipinski definition) is 1. The molecule has 6 heteroatoms. The van der Waals surface area contributed by atoms with Crippen molar-refractivity contribution >= 4 is 39.7 Å². The third-order valence-corrected chi connectivity index (χ3v) is 6.13. The molecule has 0 aliphatic rings. The van der Waals surface area contributed by atoms with Crippen LogP contribution in [0.3, 0.4) is 0 Å². The number of carbonyl (C=O) groups excluding carboxylic acids is 1. The van der Waals surface area contributed by atoms with Crippen LogP contribution in [-0.2, 0) is 13.0 Å². The molecule has 0 fully saturated rings. The third kappa shape index (κ3) is 4.31. The van der Waals surface area contributed by atoms with Crippen molar-refractivity contribution in [3.05, 3.63) is 87.5 Å². The van der Waals surface area contributed by atoms with Crippen molar-refractivity contribution in [3.63, 3.8) is 0 Å². The van der Waals surface area contributed by atoms with Crippen LogP contribution in [0.15, 0.2) is 60.7 Å². The standard InChI is InChI=1S/C23H18ClFN2OS/c1-2-17-8-10-22(29-17)21-12-19(18-11-15(24)5-9-20(18)27-21)23(28)26-13-14-3-6-16(25)7-4-14/h3-12H,2,13H2,1H3,(H,26,28). The SMILES string of the molecule is CCc1ccc(-c2cc(C(=O)NCc3ccc(F)cc3)c3cc(Cl)ccc3n2)s1. The number of benzene rings is 2. The summed E-state index contributed by atoms with van der Waals surface area (Å²) in [4.78, 5) is 20.0. The molecule has 2 aromatic heterocycles. The molecular weight excluding hydrogens is 407 g/mol. The third-order valence-electron chi connectivity index (χ3n) is 4.64. The van der Waals surface area contributed by atoms with E-state index in [0.29, 0.717) is 28.0 Å². The van der Waals surface area contributed by atoms with Gasteiger partial charge in [0, 0.05) is 21.8 Å². The normalized spacial score (nSPS) is 11.0. The molecule has 0 bridgehead atoms. The first-order valence-corrected chi connectivity index (χ1v) is 10.4. The number of thiophene rings is 1. The van der Waals surface area contributed by atoms with E-state index in [0.717, 1.165) is 22.6 Å². The van der Waals surface area contributed by atoms with E-state index in [-0.39, 0.29) is 11.7 Å². The van der Waals surface area contributed by atoms with Gasteiger partial charge >= 0.3 is 0 Å². The molecule has 2 heterocycles. The van der Waals surface area contributed by atoms with Gasteiger partial charge in [-0.3, -0.25) is 4.79 Å². The average Bonchev–Trinajstić information content (AvgIpc) is 3.22. The van der Waals surface area contributed by atoms with E-state index in [2.05, 4.69) is 18.3 Å². The lowest BCUT2D eigenvalue weighted by molar-refractivity contribution is 0.0952. The maximum Gasteiger partial charge on any atom is 0.252 e. The zero-order chi connectivity index (χ0) is 20.4. The number of aryl methyl sites for hydroxylation is 1. The zero-order valence-electron chi connectivity index (χ0n) is 15.7. The van der Waals surface area contributed by atoms with Crippen LogP contribution in [0, 0.1) is 5.82 Å². The minimum atomic E-state index is -0.304. The van der Waals surface area contributed by atoms with Crippen molar-refractivity contribution in [2.45, 2.75) is 19.9 Å². The van der Waals surface area contributed by atoms with Gasteiger partial charge in [0.05, 0.1) is 21.7 Å². The maximum absolute atomic E-state index is 13.1. The summed E-state index contributed by atoms with van der Waals surface area (Å²) < 4.78 is 13.1. The molecule has 0 atom stereocenters. The smallest absolute Gasteiger partial charge is 0.252 e. The fraction of sp³-hybridized carbons (Fsp3) is 0.130. The summed E-state index contributed by atoms with van der Waals surface area (Å²) >= 11 is 7.84. The Morgan fingerprint density at radius 1 is 1.10 bits per heavy atom. The summed E-state index contributed by atoms with van der Waals surface area (Å²) in [5, 5.41) is 4.16. The summed E-state index contributed by atoms with van der Waals surface area (Å²) in [6.45, 7) is 2.41. The van der Waals surface area contributed by atoms with E-state index in [4.69, 9.17) is 16.6 Å². The van der Waals surface area contributed by atoms with Gasteiger partial charge in [0.15, 0.2) is 0 Å². The number of aromatic nitrogens is 1. The maximum atomic E-state index is 13.1. The molecule has 0 spiro atoms. The Morgan fingerprint density at radius 2 is 1.90 bits per heavy atom. The average molecular weight is 425 g/mol. The minimum absolute atomic E-state index is 0.225. The summed E-state index contributed by atoms with van der Waals surface area (Å²) in [7, 11) is 0. The van der Waals surface area contributed by atoms with Gasteiger partial charge in [-0.15, -0.1) is 11.3 Å². The second-order valence-corrected chi connectivity index (χ2v) is 8.25. The monoisotopic (exact) mass is 424 g/mol. The van der Waals surface area contributed by atoms with E-state index in [9.17, 15) is 9.18 Å². The van der Waals surface area contributed by atoms with Gasteiger partial charge in [-0.05, 0) is 60.5 Å². The molecule has 1 amide bonds. The topological polar surface area (TPSA) is 42.0 Å². The fourth-order valence-electron chi connectivity index (χ4n) is 3.10. The number of hydrogen-bond acceptors (Lipinski definition) is 3. The molecule has 0 unspecified atom stereocenters. The van der Waals surface area contributed by atoms with Crippen LogP contribution in [0.1, 0.15) is 27.7 Å². The molecule has 29 heavy (non-hydrogen) atoms. The molecule has 0 saturated carbocycles. The van der Waals surface area contributed by atoms with Crippen molar-refractivity contribution in [3.8, 4) is 10.6 Å². The van der Waals surface area contributed by atoms with Crippen LogP contribution < -0.4 is 5.32 Å².